The van der Waals surface area contributed by atoms with Gasteiger partial charge in [0.05, 0.1) is 17.7 Å². The summed E-state index contributed by atoms with van der Waals surface area (Å²) < 4.78 is 14.4. The Morgan fingerprint density at radius 3 is 2.60 bits per heavy atom. The normalized spacial score (nSPS) is 17.6. The maximum Gasteiger partial charge on any atom is 0.256 e. The lowest BCUT2D eigenvalue weighted by atomic mass is 10.1. The van der Waals surface area contributed by atoms with Crippen molar-refractivity contribution in [3.05, 3.63) is 34.1 Å². The molecule has 0 aliphatic carbocycles. The minimum Gasteiger partial charge on any atom is -0.336 e. The van der Waals surface area contributed by atoms with Crippen LogP contribution in [-0.2, 0) is 0 Å². The van der Waals surface area contributed by atoms with Gasteiger partial charge in [-0.3, -0.25) is 9.69 Å². The van der Waals surface area contributed by atoms with Crippen LogP contribution >= 0.6 is 15.9 Å². The van der Waals surface area contributed by atoms with Crippen LogP contribution in [-0.4, -0.2) is 47.9 Å². The topological polar surface area (TPSA) is 47.3 Å². The van der Waals surface area contributed by atoms with E-state index in [0.717, 1.165) is 0 Å². The van der Waals surface area contributed by atoms with Gasteiger partial charge in [-0.15, -0.1) is 0 Å². The molecule has 1 saturated heterocycles. The molecule has 6 heteroatoms. The molecule has 1 fully saturated rings. The number of halogens is 2. The summed E-state index contributed by atoms with van der Waals surface area (Å²) in [7, 11) is 0. The molecule has 0 radical (unpaired) electrons. The molecular formula is C14H15BrFN3O. The molecule has 4 nitrogen and oxygen atoms in total. The smallest absolute Gasteiger partial charge is 0.256 e. The van der Waals surface area contributed by atoms with Crippen LogP contribution < -0.4 is 0 Å². The number of nitriles is 1. The number of carbonyl (C=O) groups is 1. The number of piperazine rings is 1. The number of hydrogen-bond acceptors (Lipinski definition) is 3. The monoisotopic (exact) mass is 339 g/mol. The maximum atomic E-state index is 13.8. The molecular weight excluding hydrogens is 325 g/mol. The zero-order valence-corrected chi connectivity index (χ0v) is 12.7. The van der Waals surface area contributed by atoms with Crippen LogP contribution in [0.3, 0.4) is 0 Å². The highest BCUT2D eigenvalue weighted by Crippen LogP contribution is 2.18. The second-order valence-electron chi connectivity index (χ2n) is 4.76. The third-order valence-corrected chi connectivity index (χ3v) is 3.99. The summed E-state index contributed by atoms with van der Waals surface area (Å²) in [6.45, 7) is 4.14. The highest BCUT2D eigenvalue weighted by atomic mass is 79.9. The Morgan fingerprint density at radius 1 is 1.40 bits per heavy atom. The molecule has 1 aliphatic heterocycles. The van der Waals surface area contributed by atoms with Crippen molar-refractivity contribution in [2.75, 3.05) is 26.2 Å². The van der Waals surface area contributed by atoms with Gasteiger partial charge in [-0.1, -0.05) is 15.9 Å². The molecule has 0 spiro atoms. The summed E-state index contributed by atoms with van der Waals surface area (Å²) >= 11 is 3.17. The van der Waals surface area contributed by atoms with Crippen LogP contribution in [0.2, 0.25) is 0 Å². The van der Waals surface area contributed by atoms with Gasteiger partial charge in [0.2, 0.25) is 0 Å². The zero-order chi connectivity index (χ0) is 14.7. The molecule has 1 aliphatic rings. The summed E-state index contributed by atoms with van der Waals surface area (Å²) in [5.74, 6) is -0.809. The van der Waals surface area contributed by atoms with Crippen molar-refractivity contribution < 1.29 is 9.18 Å². The van der Waals surface area contributed by atoms with E-state index in [1.807, 2.05) is 11.8 Å². The molecule has 1 atom stereocenters. The molecule has 0 bridgehead atoms. The molecule has 0 N–H and O–H groups in total. The number of rotatable bonds is 2. The molecule has 20 heavy (non-hydrogen) atoms. The lowest BCUT2D eigenvalue weighted by Gasteiger charge is -2.35. The fourth-order valence-electron chi connectivity index (χ4n) is 2.23. The molecule has 1 heterocycles. The second-order valence-corrected chi connectivity index (χ2v) is 5.67. The number of amides is 1. The third-order valence-electron chi connectivity index (χ3n) is 3.50. The number of benzene rings is 1. The van der Waals surface area contributed by atoms with Gasteiger partial charge in [0.15, 0.2) is 0 Å². The van der Waals surface area contributed by atoms with E-state index in [-0.39, 0.29) is 17.5 Å². The Balaban J connectivity index is 2.04. The van der Waals surface area contributed by atoms with Crippen LogP contribution in [0.15, 0.2) is 22.7 Å². The van der Waals surface area contributed by atoms with E-state index in [4.69, 9.17) is 5.26 Å². The minimum absolute atomic E-state index is 0.0926. The summed E-state index contributed by atoms with van der Waals surface area (Å²) in [5, 5.41) is 8.88. The van der Waals surface area contributed by atoms with Crippen molar-refractivity contribution in [1.29, 1.82) is 5.26 Å². The highest BCUT2D eigenvalue weighted by Gasteiger charge is 2.25. The highest BCUT2D eigenvalue weighted by molar-refractivity contribution is 9.10. The average molecular weight is 340 g/mol. The van der Waals surface area contributed by atoms with Gasteiger partial charge in [-0.25, -0.2) is 4.39 Å². The number of hydrogen-bond donors (Lipinski definition) is 0. The summed E-state index contributed by atoms with van der Waals surface area (Å²) in [5.41, 5.74) is 0.0926. The Morgan fingerprint density at radius 2 is 2.05 bits per heavy atom. The first kappa shape index (κ1) is 14.9. The Kier molecular flexibility index (Phi) is 4.73. The van der Waals surface area contributed by atoms with E-state index in [1.54, 1.807) is 11.0 Å². The largest absolute Gasteiger partial charge is 0.336 e. The Labute approximate surface area is 125 Å². The van der Waals surface area contributed by atoms with Gasteiger partial charge in [-0.2, -0.15) is 5.26 Å². The molecule has 1 aromatic rings. The van der Waals surface area contributed by atoms with E-state index >= 15 is 0 Å². The lowest BCUT2D eigenvalue weighted by Crippen LogP contribution is -2.51. The van der Waals surface area contributed by atoms with E-state index in [9.17, 15) is 9.18 Å². The standard InChI is InChI=1S/C14H15BrFN3O/c1-10(9-17)18-4-6-19(7-5-18)14(20)12-3-2-11(15)8-13(12)16/h2-3,8,10H,4-7H2,1H3. The van der Waals surface area contributed by atoms with Crippen LogP contribution in [0.4, 0.5) is 4.39 Å². The predicted octanol–water partition coefficient (Wildman–Crippen LogP) is 2.26. The molecule has 1 unspecified atom stereocenters. The lowest BCUT2D eigenvalue weighted by molar-refractivity contribution is 0.0611. The van der Waals surface area contributed by atoms with Crippen molar-refractivity contribution in [2.24, 2.45) is 0 Å². The van der Waals surface area contributed by atoms with E-state index in [0.29, 0.717) is 30.7 Å². The summed E-state index contributed by atoms with van der Waals surface area (Å²) in [6, 6.07) is 6.47. The van der Waals surface area contributed by atoms with Crippen LogP contribution in [0, 0.1) is 17.1 Å². The maximum absolute atomic E-state index is 13.8. The van der Waals surface area contributed by atoms with Crippen molar-refractivity contribution in [3.8, 4) is 6.07 Å². The Hall–Kier alpha value is -1.45. The predicted molar refractivity (Wildman–Crippen MR) is 76.7 cm³/mol. The van der Waals surface area contributed by atoms with Crippen molar-refractivity contribution in [1.82, 2.24) is 9.80 Å². The molecule has 0 aromatic heterocycles. The van der Waals surface area contributed by atoms with Gasteiger partial charge < -0.3 is 4.90 Å². The summed E-state index contributed by atoms with van der Waals surface area (Å²) in [4.78, 5) is 15.9. The molecule has 1 amide bonds. The van der Waals surface area contributed by atoms with Crippen molar-refractivity contribution >= 4 is 21.8 Å². The Bertz CT molecular complexity index is 550. The van der Waals surface area contributed by atoms with Gasteiger partial charge >= 0.3 is 0 Å². The van der Waals surface area contributed by atoms with Gasteiger partial charge in [-0.05, 0) is 25.1 Å². The van der Waals surface area contributed by atoms with Gasteiger partial charge in [0.1, 0.15) is 5.82 Å². The van der Waals surface area contributed by atoms with E-state index in [1.165, 1.54) is 12.1 Å². The van der Waals surface area contributed by atoms with E-state index < -0.39 is 5.82 Å². The SMILES string of the molecule is CC(C#N)N1CCN(C(=O)c2ccc(Br)cc2F)CC1. The summed E-state index contributed by atoms with van der Waals surface area (Å²) in [6.07, 6.45) is 0. The van der Waals surface area contributed by atoms with Crippen LogP contribution in [0.1, 0.15) is 17.3 Å². The van der Waals surface area contributed by atoms with Crippen LogP contribution in [0.5, 0.6) is 0 Å². The van der Waals surface area contributed by atoms with E-state index in [2.05, 4.69) is 22.0 Å². The van der Waals surface area contributed by atoms with Crippen molar-refractivity contribution in [2.45, 2.75) is 13.0 Å². The average Bonchev–Trinajstić information content (AvgIpc) is 2.46. The fraction of sp³-hybridized carbons (Fsp3) is 0.429. The molecule has 1 aromatic carbocycles. The fourth-order valence-corrected chi connectivity index (χ4v) is 2.56. The first-order chi connectivity index (χ1) is 9.52. The van der Waals surface area contributed by atoms with Crippen molar-refractivity contribution in [3.63, 3.8) is 0 Å². The third kappa shape index (κ3) is 3.17. The molecule has 106 valence electrons. The second kappa shape index (κ2) is 6.33. The first-order valence-electron chi connectivity index (χ1n) is 6.41. The molecule has 0 saturated carbocycles. The quantitative estimate of drug-likeness (QED) is 0.830. The van der Waals surface area contributed by atoms with Gasteiger partial charge in [0, 0.05) is 30.7 Å². The molecule has 2 rings (SSSR count). The first-order valence-corrected chi connectivity index (χ1v) is 7.20. The van der Waals surface area contributed by atoms with Gasteiger partial charge in [0.25, 0.3) is 5.91 Å². The van der Waals surface area contributed by atoms with Crippen LogP contribution in [0.25, 0.3) is 0 Å². The minimum atomic E-state index is -0.516. The number of nitrogens with zero attached hydrogens (tertiary/aromatic N) is 3. The zero-order valence-electron chi connectivity index (χ0n) is 11.1. The number of carbonyl (C=O) groups excluding carboxylic acids is 1.